The molecule has 0 spiro atoms. The SMILES string of the molecule is CCCN1CCC(NC(=O)Nc2ccc(Oc3ccc(C#N)cc3)cc2)CC1. The maximum Gasteiger partial charge on any atom is 0.319 e. The van der Waals surface area contributed by atoms with Crippen LogP contribution >= 0.6 is 0 Å². The highest BCUT2D eigenvalue weighted by Crippen LogP contribution is 2.23. The molecule has 0 atom stereocenters. The largest absolute Gasteiger partial charge is 0.457 e. The Kier molecular flexibility index (Phi) is 6.88. The predicted molar refractivity (Wildman–Crippen MR) is 110 cm³/mol. The standard InChI is InChI=1S/C22H26N4O2/c1-2-13-26-14-11-19(12-15-26)25-22(27)24-18-5-9-21(10-6-18)28-20-7-3-17(16-23)4-8-20/h3-10,19H,2,11-15H2,1H3,(H2,24,25,27). The summed E-state index contributed by atoms with van der Waals surface area (Å²) in [7, 11) is 0. The smallest absolute Gasteiger partial charge is 0.319 e. The lowest BCUT2D eigenvalue weighted by Crippen LogP contribution is -2.46. The molecule has 28 heavy (non-hydrogen) atoms. The first-order valence-corrected chi connectivity index (χ1v) is 9.74. The van der Waals surface area contributed by atoms with Crippen molar-refractivity contribution >= 4 is 11.7 Å². The van der Waals surface area contributed by atoms with Crippen molar-refractivity contribution in [2.45, 2.75) is 32.2 Å². The third kappa shape index (κ3) is 5.73. The molecule has 0 aromatic heterocycles. The van der Waals surface area contributed by atoms with Gasteiger partial charge in [-0.2, -0.15) is 5.26 Å². The number of nitriles is 1. The van der Waals surface area contributed by atoms with Crippen LogP contribution in [0.1, 0.15) is 31.7 Å². The Morgan fingerprint density at radius 1 is 1.11 bits per heavy atom. The van der Waals surface area contributed by atoms with Gasteiger partial charge >= 0.3 is 6.03 Å². The molecule has 2 amide bonds. The van der Waals surface area contributed by atoms with E-state index in [-0.39, 0.29) is 12.1 Å². The highest BCUT2D eigenvalue weighted by Gasteiger charge is 2.20. The Balaban J connectivity index is 1.46. The first kappa shape index (κ1) is 19.7. The average Bonchev–Trinajstić information content (AvgIpc) is 2.72. The quantitative estimate of drug-likeness (QED) is 0.783. The molecule has 1 aliphatic heterocycles. The zero-order chi connectivity index (χ0) is 19.8. The number of likely N-dealkylation sites (tertiary alicyclic amines) is 1. The second kappa shape index (κ2) is 9.77. The van der Waals surface area contributed by atoms with Gasteiger partial charge in [0, 0.05) is 24.8 Å². The number of rotatable bonds is 6. The van der Waals surface area contributed by atoms with Gasteiger partial charge in [0.05, 0.1) is 11.6 Å². The van der Waals surface area contributed by atoms with E-state index in [1.807, 2.05) is 12.1 Å². The summed E-state index contributed by atoms with van der Waals surface area (Å²) in [5.74, 6) is 1.32. The number of nitrogens with one attached hydrogen (secondary N) is 2. The number of carbonyl (C=O) groups is 1. The summed E-state index contributed by atoms with van der Waals surface area (Å²) in [5, 5.41) is 14.8. The van der Waals surface area contributed by atoms with Crippen molar-refractivity contribution in [3.8, 4) is 17.6 Å². The normalized spacial score (nSPS) is 14.9. The van der Waals surface area contributed by atoms with Gasteiger partial charge in [0.25, 0.3) is 0 Å². The van der Waals surface area contributed by atoms with Crippen LogP contribution in [-0.2, 0) is 0 Å². The summed E-state index contributed by atoms with van der Waals surface area (Å²) in [5.41, 5.74) is 1.31. The molecule has 2 N–H and O–H groups in total. The number of piperidine rings is 1. The van der Waals surface area contributed by atoms with Gasteiger partial charge in [-0.3, -0.25) is 0 Å². The molecule has 1 fully saturated rings. The van der Waals surface area contributed by atoms with Crippen LogP contribution in [0.4, 0.5) is 10.5 Å². The maximum absolute atomic E-state index is 12.2. The fourth-order valence-electron chi connectivity index (χ4n) is 3.31. The fraction of sp³-hybridized carbons (Fsp3) is 0.364. The number of hydrogen-bond acceptors (Lipinski definition) is 4. The monoisotopic (exact) mass is 378 g/mol. The average molecular weight is 378 g/mol. The van der Waals surface area contributed by atoms with Crippen LogP contribution < -0.4 is 15.4 Å². The summed E-state index contributed by atoms with van der Waals surface area (Å²) < 4.78 is 5.75. The highest BCUT2D eigenvalue weighted by molar-refractivity contribution is 5.89. The van der Waals surface area contributed by atoms with Gasteiger partial charge in [-0.1, -0.05) is 6.92 Å². The first-order chi connectivity index (χ1) is 13.7. The van der Waals surface area contributed by atoms with Crippen LogP contribution in [0.15, 0.2) is 48.5 Å². The number of anilines is 1. The minimum Gasteiger partial charge on any atom is -0.457 e. The van der Waals surface area contributed by atoms with E-state index in [0.29, 0.717) is 22.7 Å². The summed E-state index contributed by atoms with van der Waals surface area (Å²) in [4.78, 5) is 14.7. The molecule has 1 saturated heterocycles. The Hall–Kier alpha value is -3.04. The Morgan fingerprint density at radius 3 is 2.29 bits per heavy atom. The number of nitrogens with zero attached hydrogens (tertiary/aromatic N) is 2. The molecular formula is C22H26N4O2. The fourth-order valence-corrected chi connectivity index (χ4v) is 3.31. The molecule has 146 valence electrons. The van der Waals surface area contributed by atoms with Gasteiger partial charge in [0.2, 0.25) is 0 Å². The van der Waals surface area contributed by atoms with Crippen molar-refractivity contribution in [2.75, 3.05) is 25.0 Å². The van der Waals surface area contributed by atoms with Crippen LogP contribution in [0.3, 0.4) is 0 Å². The summed E-state index contributed by atoms with van der Waals surface area (Å²) >= 11 is 0. The minimum atomic E-state index is -0.172. The Labute approximate surface area is 166 Å². The number of benzene rings is 2. The molecule has 0 bridgehead atoms. The van der Waals surface area contributed by atoms with Gasteiger partial charge in [-0.05, 0) is 74.3 Å². The molecule has 1 heterocycles. The molecule has 0 aliphatic carbocycles. The number of hydrogen-bond donors (Lipinski definition) is 2. The van der Waals surface area contributed by atoms with E-state index in [0.717, 1.165) is 32.5 Å². The topological polar surface area (TPSA) is 77.4 Å². The van der Waals surface area contributed by atoms with Gasteiger partial charge in [0.15, 0.2) is 0 Å². The lowest BCUT2D eigenvalue weighted by atomic mass is 10.1. The lowest BCUT2D eigenvalue weighted by Gasteiger charge is -2.32. The lowest BCUT2D eigenvalue weighted by molar-refractivity contribution is 0.196. The molecule has 0 unspecified atom stereocenters. The molecule has 2 aromatic rings. The van der Waals surface area contributed by atoms with Crippen molar-refractivity contribution in [1.82, 2.24) is 10.2 Å². The number of carbonyl (C=O) groups excluding carboxylic acids is 1. The van der Waals surface area contributed by atoms with Crippen LogP contribution in [0.5, 0.6) is 11.5 Å². The first-order valence-electron chi connectivity index (χ1n) is 9.74. The molecular weight excluding hydrogens is 352 g/mol. The van der Waals surface area contributed by atoms with E-state index in [1.165, 1.54) is 6.42 Å². The molecule has 6 nitrogen and oxygen atoms in total. The van der Waals surface area contributed by atoms with E-state index >= 15 is 0 Å². The molecule has 6 heteroatoms. The van der Waals surface area contributed by atoms with Gasteiger partial charge < -0.3 is 20.3 Å². The van der Waals surface area contributed by atoms with Crippen molar-refractivity contribution < 1.29 is 9.53 Å². The van der Waals surface area contributed by atoms with E-state index in [1.54, 1.807) is 36.4 Å². The maximum atomic E-state index is 12.2. The van der Waals surface area contributed by atoms with E-state index in [2.05, 4.69) is 28.5 Å². The molecule has 3 rings (SSSR count). The zero-order valence-electron chi connectivity index (χ0n) is 16.1. The third-order valence-corrected chi connectivity index (χ3v) is 4.79. The van der Waals surface area contributed by atoms with Gasteiger partial charge in [-0.15, -0.1) is 0 Å². The van der Waals surface area contributed by atoms with E-state index in [9.17, 15) is 4.79 Å². The van der Waals surface area contributed by atoms with Crippen LogP contribution in [0.2, 0.25) is 0 Å². The number of urea groups is 1. The highest BCUT2D eigenvalue weighted by atomic mass is 16.5. The van der Waals surface area contributed by atoms with Gasteiger partial charge in [-0.25, -0.2) is 4.79 Å². The second-order valence-corrected chi connectivity index (χ2v) is 6.98. The minimum absolute atomic E-state index is 0.172. The van der Waals surface area contributed by atoms with Crippen LogP contribution in [0.25, 0.3) is 0 Å². The Morgan fingerprint density at radius 2 is 1.71 bits per heavy atom. The molecule has 0 radical (unpaired) electrons. The third-order valence-electron chi connectivity index (χ3n) is 4.79. The second-order valence-electron chi connectivity index (χ2n) is 6.98. The van der Waals surface area contributed by atoms with Crippen molar-refractivity contribution in [3.05, 3.63) is 54.1 Å². The van der Waals surface area contributed by atoms with E-state index in [4.69, 9.17) is 10.00 Å². The summed E-state index contributed by atoms with van der Waals surface area (Å²) in [6.45, 7) is 5.41. The number of ether oxygens (including phenoxy) is 1. The predicted octanol–water partition coefficient (Wildman–Crippen LogP) is 4.35. The summed E-state index contributed by atoms with van der Waals surface area (Å²) in [6.07, 6.45) is 3.15. The molecule has 2 aromatic carbocycles. The van der Waals surface area contributed by atoms with Crippen molar-refractivity contribution in [1.29, 1.82) is 5.26 Å². The number of amides is 2. The van der Waals surface area contributed by atoms with E-state index < -0.39 is 0 Å². The molecule has 1 aliphatic rings. The van der Waals surface area contributed by atoms with Crippen LogP contribution in [-0.4, -0.2) is 36.6 Å². The van der Waals surface area contributed by atoms with Crippen LogP contribution in [0, 0.1) is 11.3 Å². The van der Waals surface area contributed by atoms with Crippen molar-refractivity contribution in [2.24, 2.45) is 0 Å². The summed E-state index contributed by atoms with van der Waals surface area (Å²) in [6, 6.07) is 16.3. The Bertz CT molecular complexity index is 804. The zero-order valence-corrected chi connectivity index (χ0v) is 16.1. The van der Waals surface area contributed by atoms with Gasteiger partial charge in [0.1, 0.15) is 11.5 Å². The van der Waals surface area contributed by atoms with Crippen molar-refractivity contribution in [3.63, 3.8) is 0 Å². The molecule has 0 saturated carbocycles.